The van der Waals surface area contributed by atoms with Crippen molar-refractivity contribution >= 4 is 34.0 Å². The maximum atomic E-state index is 12.3. The minimum Gasteiger partial charge on any atom is -0.368 e. The van der Waals surface area contributed by atoms with Gasteiger partial charge in [0.1, 0.15) is 6.10 Å². The highest BCUT2D eigenvalue weighted by Crippen LogP contribution is 2.28. The Hall–Kier alpha value is -2.29. The summed E-state index contributed by atoms with van der Waals surface area (Å²) < 4.78 is 5.41. The van der Waals surface area contributed by atoms with E-state index in [-0.39, 0.29) is 17.9 Å². The molecule has 2 aromatic rings. The first-order valence-electron chi connectivity index (χ1n) is 9.16. The highest BCUT2D eigenvalue weighted by Gasteiger charge is 2.26. The van der Waals surface area contributed by atoms with Crippen LogP contribution >= 0.6 is 11.3 Å². The van der Waals surface area contributed by atoms with Gasteiger partial charge in [-0.25, -0.2) is 4.98 Å². The number of nitrogens with zero attached hydrogens (tertiary/aromatic N) is 2. The van der Waals surface area contributed by atoms with Crippen LogP contribution in [0.15, 0.2) is 30.3 Å². The molecule has 0 aliphatic carbocycles. The molecule has 0 spiro atoms. The standard InChI is InChI=1S/C19H22N4O3S/c24-17(20-13-5-2-1-3-6-13)12-23-9-8-14-16(11-23)27-19(21-14)22-18(25)15-7-4-10-26-15/h1-3,5-6,15H,4,7-12H2,(H,20,24)(H,21,22,25). The van der Waals surface area contributed by atoms with Gasteiger partial charge in [0.15, 0.2) is 5.13 Å². The van der Waals surface area contributed by atoms with E-state index >= 15 is 0 Å². The van der Waals surface area contributed by atoms with Crippen LogP contribution in [0.3, 0.4) is 0 Å². The molecule has 4 rings (SSSR count). The van der Waals surface area contributed by atoms with Gasteiger partial charge in [0.2, 0.25) is 5.91 Å². The molecule has 142 valence electrons. The summed E-state index contributed by atoms with van der Waals surface area (Å²) in [6, 6.07) is 9.46. The first-order valence-corrected chi connectivity index (χ1v) is 9.97. The van der Waals surface area contributed by atoms with Crippen molar-refractivity contribution in [2.24, 2.45) is 0 Å². The predicted octanol–water partition coefficient (Wildman–Crippen LogP) is 2.26. The van der Waals surface area contributed by atoms with Gasteiger partial charge in [-0.15, -0.1) is 11.3 Å². The summed E-state index contributed by atoms with van der Waals surface area (Å²) in [6.45, 7) is 2.43. The van der Waals surface area contributed by atoms with Crippen LogP contribution in [0.1, 0.15) is 23.4 Å². The van der Waals surface area contributed by atoms with Gasteiger partial charge in [0.25, 0.3) is 5.91 Å². The molecule has 1 aromatic heterocycles. The van der Waals surface area contributed by atoms with E-state index in [4.69, 9.17) is 4.74 Å². The molecule has 3 heterocycles. The third-order valence-corrected chi connectivity index (χ3v) is 5.69. The van der Waals surface area contributed by atoms with Gasteiger partial charge in [0.05, 0.1) is 12.2 Å². The second kappa shape index (κ2) is 8.16. The smallest absolute Gasteiger partial charge is 0.255 e. The SMILES string of the molecule is O=C(CN1CCc2nc(NC(=O)C3CCCO3)sc2C1)Nc1ccccc1. The van der Waals surface area contributed by atoms with Crippen molar-refractivity contribution in [1.82, 2.24) is 9.88 Å². The number of ether oxygens (including phenoxy) is 1. The lowest BCUT2D eigenvalue weighted by molar-refractivity contribution is -0.124. The quantitative estimate of drug-likeness (QED) is 0.824. The third-order valence-electron chi connectivity index (χ3n) is 4.69. The maximum absolute atomic E-state index is 12.3. The van der Waals surface area contributed by atoms with Crippen molar-refractivity contribution in [3.8, 4) is 0 Å². The topological polar surface area (TPSA) is 83.6 Å². The van der Waals surface area contributed by atoms with Crippen molar-refractivity contribution in [1.29, 1.82) is 0 Å². The summed E-state index contributed by atoms with van der Waals surface area (Å²) in [6.07, 6.45) is 2.11. The molecule has 7 nitrogen and oxygen atoms in total. The molecule has 0 saturated carbocycles. The molecule has 1 fully saturated rings. The Balaban J connectivity index is 1.32. The van der Waals surface area contributed by atoms with E-state index in [0.29, 0.717) is 24.8 Å². The van der Waals surface area contributed by atoms with Crippen LogP contribution in [-0.2, 0) is 27.3 Å². The van der Waals surface area contributed by atoms with Crippen molar-refractivity contribution in [3.63, 3.8) is 0 Å². The molecule has 2 aliphatic heterocycles. The minimum absolute atomic E-state index is 0.0268. The second-order valence-corrected chi connectivity index (χ2v) is 7.84. The molecule has 2 N–H and O–H groups in total. The van der Waals surface area contributed by atoms with Crippen molar-refractivity contribution in [3.05, 3.63) is 40.9 Å². The van der Waals surface area contributed by atoms with Gasteiger partial charge < -0.3 is 10.1 Å². The van der Waals surface area contributed by atoms with Crippen LogP contribution in [0.5, 0.6) is 0 Å². The zero-order chi connectivity index (χ0) is 18.6. The normalized spacial score (nSPS) is 19.5. The summed E-state index contributed by atoms with van der Waals surface area (Å²) >= 11 is 1.49. The van der Waals surface area contributed by atoms with E-state index in [9.17, 15) is 9.59 Å². The van der Waals surface area contributed by atoms with Gasteiger partial charge in [-0.2, -0.15) is 0 Å². The molecule has 0 bridgehead atoms. The van der Waals surface area contributed by atoms with Crippen LogP contribution in [0, 0.1) is 0 Å². The summed E-state index contributed by atoms with van der Waals surface area (Å²) in [5.74, 6) is -0.140. The molecule has 2 amide bonds. The van der Waals surface area contributed by atoms with E-state index in [1.165, 1.54) is 11.3 Å². The average molecular weight is 386 g/mol. The summed E-state index contributed by atoms with van der Waals surface area (Å²) in [7, 11) is 0. The number of aromatic nitrogens is 1. The number of fused-ring (bicyclic) bond motifs is 1. The fraction of sp³-hybridized carbons (Fsp3) is 0.421. The Morgan fingerprint density at radius 3 is 2.89 bits per heavy atom. The van der Waals surface area contributed by atoms with Crippen LogP contribution in [-0.4, -0.2) is 47.5 Å². The number of hydrogen-bond donors (Lipinski definition) is 2. The van der Waals surface area contributed by atoms with E-state index < -0.39 is 0 Å². The molecule has 8 heteroatoms. The molecule has 1 aromatic carbocycles. The second-order valence-electron chi connectivity index (χ2n) is 6.75. The number of thiazole rings is 1. The third kappa shape index (κ3) is 4.52. The summed E-state index contributed by atoms with van der Waals surface area (Å²) in [4.78, 5) is 32.2. The van der Waals surface area contributed by atoms with Crippen LogP contribution in [0.25, 0.3) is 0 Å². The Kier molecular flexibility index (Phi) is 5.47. The fourth-order valence-electron chi connectivity index (χ4n) is 3.33. The fourth-order valence-corrected chi connectivity index (χ4v) is 4.39. The number of rotatable bonds is 5. The highest BCUT2D eigenvalue weighted by molar-refractivity contribution is 7.15. The van der Waals surface area contributed by atoms with Crippen molar-refractivity contribution < 1.29 is 14.3 Å². The maximum Gasteiger partial charge on any atom is 0.255 e. The molecule has 1 unspecified atom stereocenters. The van der Waals surface area contributed by atoms with Gasteiger partial charge in [-0.05, 0) is 25.0 Å². The van der Waals surface area contributed by atoms with E-state index in [0.717, 1.165) is 42.1 Å². The number of carbonyl (C=O) groups is 2. The van der Waals surface area contributed by atoms with E-state index in [2.05, 4.69) is 20.5 Å². The van der Waals surface area contributed by atoms with Crippen LogP contribution in [0.2, 0.25) is 0 Å². The first-order chi connectivity index (χ1) is 13.2. The Morgan fingerprint density at radius 2 is 2.11 bits per heavy atom. The zero-order valence-corrected chi connectivity index (χ0v) is 15.8. The number of nitrogens with one attached hydrogen (secondary N) is 2. The first kappa shape index (κ1) is 18.1. The van der Waals surface area contributed by atoms with Crippen LogP contribution in [0.4, 0.5) is 10.8 Å². The monoisotopic (exact) mass is 386 g/mol. The lowest BCUT2D eigenvalue weighted by atomic mass is 10.2. The molecule has 2 aliphatic rings. The number of benzene rings is 1. The lowest BCUT2D eigenvalue weighted by Gasteiger charge is -2.25. The molecular weight excluding hydrogens is 364 g/mol. The van der Waals surface area contributed by atoms with E-state index in [1.54, 1.807) is 0 Å². The number of anilines is 2. The largest absolute Gasteiger partial charge is 0.368 e. The Labute approximate surface area is 161 Å². The molecule has 0 radical (unpaired) electrons. The average Bonchev–Trinajstić information content (AvgIpc) is 3.31. The molecule has 1 atom stereocenters. The predicted molar refractivity (Wildman–Crippen MR) is 104 cm³/mol. The van der Waals surface area contributed by atoms with Crippen molar-refractivity contribution in [2.75, 3.05) is 30.3 Å². The molecule has 27 heavy (non-hydrogen) atoms. The number of amides is 2. The van der Waals surface area contributed by atoms with Gasteiger partial charge in [-0.1, -0.05) is 18.2 Å². The van der Waals surface area contributed by atoms with Gasteiger partial charge in [-0.3, -0.25) is 19.8 Å². The van der Waals surface area contributed by atoms with Crippen LogP contribution < -0.4 is 10.6 Å². The molecule has 1 saturated heterocycles. The summed E-state index contributed by atoms with van der Waals surface area (Å²) in [5, 5.41) is 6.41. The van der Waals surface area contributed by atoms with Gasteiger partial charge >= 0.3 is 0 Å². The number of para-hydroxylation sites is 1. The Bertz CT molecular complexity index is 818. The summed E-state index contributed by atoms with van der Waals surface area (Å²) in [5.41, 5.74) is 1.82. The highest BCUT2D eigenvalue weighted by atomic mass is 32.1. The molecular formula is C19H22N4O3S. The van der Waals surface area contributed by atoms with Crippen molar-refractivity contribution in [2.45, 2.75) is 31.9 Å². The minimum atomic E-state index is -0.357. The van der Waals surface area contributed by atoms with Gasteiger partial charge in [0, 0.05) is 36.7 Å². The lowest BCUT2D eigenvalue weighted by Crippen LogP contribution is -2.36. The zero-order valence-electron chi connectivity index (χ0n) is 14.9. The van der Waals surface area contributed by atoms with E-state index in [1.807, 2.05) is 30.3 Å². The Morgan fingerprint density at radius 1 is 1.26 bits per heavy atom. The number of hydrogen-bond acceptors (Lipinski definition) is 6. The number of carbonyl (C=O) groups excluding carboxylic acids is 2.